The summed E-state index contributed by atoms with van der Waals surface area (Å²) in [5, 5.41) is 19.7. The molecule has 22 heavy (non-hydrogen) atoms. The predicted octanol–water partition coefficient (Wildman–Crippen LogP) is 5.23. The summed E-state index contributed by atoms with van der Waals surface area (Å²) in [7, 11) is 0. The van der Waals surface area contributed by atoms with Crippen molar-refractivity contribution in [2.75, 3.05) is 0 Å². The van der Waals surface area contributed by atoms with Gasteiger partial charge in [0.1, 0.15) is 0 Å². The van der Waals surface area contributed by atoms with E-state index in [0.717, 1.165) is 10.9 Å². The van der Waals surface area contributed by atoms with Crippen LogP contribution in [0.3, 0.4) is 0 Å². The topological polar surface area (TPSA) is 20.2 Å². The highest BCUT2D eigenvalue weighted by Gasteiger charge is 2.12. The Morgan fingerprint density at radius 2 is 1.32 bits per heavy atom. The number of hydrogen-bond acceptors (Lipinski definition) is 1. The summed E-state index contributed by atoms with van der Waals surface area (Å²) in [6.07, 6.45) is 0. The van der Waals surface area contributed by atoms with Gasteiger partial charge in [-0.25, -0.2) is 0 Å². The normalized spacial score (nSPS) is 12.0. The lowest BCUT2D eigenvalue weighted by Gasteiger charge is -2.14. The van der Waals surface area contributed by atoms with Crippen molar-refractivity contribution in [1.29, 1.82) is 0 Å². The molecule has 5 rings (SSSR count). The third kappa shape index (κ3) is 1.41. The molecular formula is C21H14O. The van der Waals surface area contributed by atoms with E-state index < -0.39 is 0 Å². The van der Waals surface area contributed by atoms with Crippen LogP contribution in [0.25, 0.3) is 43.1 Å². The van der Waals surface area contributed by atoms with Gasteiger partial charge in [-0.05, 0) is 54.7 Å². The first-order chi connectivity index (χ1) is 10.9. The minimum atomic E-state index is 0.0783. The highest BCUT2D eigenvalue weighted by Crippen LogP contribution is 2.39. The molecule has 0 unspecified atom stereocenters. The van der Waals surface area contributed by atoms with Gasteiger partial charge >= 0.3 is 0 Å². The molecule has 0 aliphatic carbocycles. The van der Waals surface area contributed by atoms with Gasteiger partial charge in [0.25, 0.3) is 0 Å². The summed E-state index contributed by atoms with van der Waals surface area (Å²) in [6, 6.07) is 23.7. The number of aliphatic hydroxyl groups is 1. The third-order valence-corrected chi connectivity index (χ3v) is 4.77. The highest BCUT2D eigenvalue weighted by molar-refractivity contribution is 6.29. The molecule has 0 aliphatic rings. The monoisotopic (exact) mass is 282 g/mol. The number of benzene rings is 5. The van der Waals surface area contributed by atoms with Crippen LogP contribution in [0.2, 0.25) is 0 Å². The van der Waals surface area contributed by atoms with Gasteiger partial charge in [0.15, 0.2) is 0 Å². The van der Waals surface area contributed by atoms with E-state index in [2.05, 4.69) is 60.7 Å². The van der Waals surface area contributed by atoms with Gasteiger partial charge in [0.2, 0.25) is 0 Å². The smallest absolute Gasteiger partial charge is 0.0687 e. The molecule has 1 heteroatoms. The van der Waals surface area contributed by atoms with Crippen LogP contribution < -0.4 is 0 Å². The molecule has 0 spiro atoms. The highest BCUT2D eigenvalue weighted by atomic mass is 16.3. The van der Waals surface area contributed by atoms with E-state index in [-0.39, 0.29) is 6.61 Å². The molecule has 0 saturated carbocycles. The van der Waals surface area contributed by atoms with Crippen LogP contribution in [0.1, 0.15) is 5.56 Å². The summed E-state index contributed by atoms with van der Waals surface area (Å²) in [5.74, 6) is 0. The minimum Gasteiger partial charge on any atom is -0.392 e. The zero-order valence-corrected chi connectivity index (χ0v) is 12.0. The standard InChI is InChI=1S/C21H14O/c22-12-16-8-6-13-5-7-15-11-14-3-1-2-4-17(14)19-10-9-18(16)20(13)21(15)19/h1-11,22H,12H2. The molecule has 0 amide bonds. The zero-order valence-electron chi connectivity index (χ0n) is 12.0. The predicted molar refractivity (Wildman–Crippen MR) is 93.6 cm³/mol. The van der Waals surface area contributed by atoms with Crippen LogP contribution in [0.4, 0.5) is 0 Å². The first-order valence-corrected chi connectivity index (χ1v) is 7.56. The van der Waals surface area contributed by atoms with Crippen LogP contribution >= 0.6 is 0 Å². The lowest BCUT2D eigenvalue weighted by Crippen LogP contribution is -1.90. The van der Waals surface area contributed by atoms with Crippen molar-refractivity contribution in [3.63, 3.8) is 0 Å². The van der Waals surface area contributed by atoms with E-state index in [1.54, 1.807) is 0 Å². The van der Waals surface area contributed by atoms with Gasteiger partial charge in [0.05, 0.1) is 6.61 Å². The van der Waals surface area contributed by atoms with Gasteiger partial charge in [-0.3, -0.25) is 0 Å². The number of rotatable bonds is 1. The van der Waals surface area contributed by atoms with Crippen molar-refractivity contribution in [3.8, 4) is 0 Å². The molecule has 0 bridgehead atoms. The third-order valence-electron chi connectivity index (χ3n) is 4.77. The van der Waals surface area contributed by atoms with Crippen LogP contribution in [0.5, 0.6) is 0 Å². The Balaban J connectivity index is 2.16. The zero-order chi connectivity index (χ0) is 14.7. The molecule has 5 aromatic carbocycles. The molecule has 1 nitrogen and oxygen atoms in total. The second kappa shape index (κ2) is 4.19. The van der Waals surface area contributed by atoms with Gasteiger partial charge in [-0.15, -0.1) is 0 Å². The molecule has 0 saturated heterocycles. The summed E-state index contributed by atoms with van der Waals surface area (Å²) in [5.41, 5.74) is 0.995. The average molecular weight is 282 g/mol. The Kier molecular flexibility index (Phi) is 2.28. The van der Waals surface area contributed by atoms with E-state index in [0.29, 0.717) is 0 Å². The van der Waals surface area contributed by atoms with E-state index in [1.165, 1.54) is 37.7 Å². The SMILES string of the molecule is OCc1ccc2ccc3cc4ccccc4c4ccc1c2c34. The largest absolute Gasteiger partial charge is 0.392 e. The van der Waals surface area contributed by atoms with Gasteiger partial charge in [-0.2, -0.15) is 0 Å². The summed E-state index contributed by atoms with van der Waals surface area (Å²) in [6.45, 7) is 0.0783. The molecule has 104 valence electrons. The van der Waals surface area contributed by atoms with E-state index >= 15 is 0 Å². The lowest BCUT2D eigenvalue weighted by molar-refractivity contribution is 0.283. The Labute approximate surface area is 127 Å². The van der Waals surface area contributed by atoms with Crippen molar-refractivity contribution in [2.24, 2.45) is 0 Å². The summed E-state index contributed by atoms with van der Waals surface area (Å²) >= 11 is 0. The summed E-state index contributed by atoms with van der Waals surface area (Å²) in [4.78, 5) is 0. The van der Waals surface area contributed by atoms with E-state index in [9.17, 15) is 5.11 Å². The van der Waals surface area contributed by atoms with E-state index in [4.69, 9.17) is 0 Å². The van der Waals surface area contributed by atoms with Crippen molar-refractivity contribution in [1.82, 2.24) is 0 Å². The Morgan fingerprint density at radius 1 is 0.591 bits per heavy atom. The Bertz CT molecular complexity index is 1150. The fourth-order valence-electron chi connectivity index (χ4n) is 3.75. The molecule has 0 fully saturated rings. The number of aliphatic hydroxyl groups excluding tert-OH is 1. The molecule has 5 aromatic rings. The average Bonchev–Trinajstić information content (AvgIpc) is 2.59. The molecule has 0 atom stereocenters. The maximum atomic E-state index is 9.64. The lowest BCUT2D eigenvalue weighted by atomic mass is 9.89. The van der Waals surface area contributed by atoms with Crippen molar-refractivity contribution < 1.29 is 5.11 Å². The maximum absolute atomic E-state index is 9.64. The number of fused-ring (bicyclic) bond motifs is 2. The maximum Gasteiger partial charge on any atom is 0.0687 e. The molecule has 0 aliphatic heterocycles. The van der Waals surface area contributed by atoms with Crippen LogP contribution in [-0.4, -0.2) is 5.11 Å². The summed E-state index contributed by atoms with van der Waals surface area (Å²) < 4.78 is 0. The molecule has 1 N–H and O–H groups in total. The fourth-order valence-corrected chi connectivity index (χ4v) is 3.75. The van der Waals surface area contributed by atoms with Crippen molar-refractivity contribution >= 4 is 43.1 Å². The second-order valence-corrected chi connectivity index (χ2v) is 5.90. The van der Waals surface area contributed by atoms with Crippen molar-refractivity contribution in [3.05, 3.63) is 72.3 Å². The van der Waals surface area contributed by atoms with Crippen LogP contribution in [0.15, 0.2) is 66.7 Å². The van der Waals surface area contributed by atoms with Crippen LogP contribution in [-0.2, 0) is 6.61 Å². The van der Waals surface area contributed by atoms with Gasteiger partial charge in [-0.1, -0.05) is 60.7 Å². The number of hydrogen-bond donors (Lipinski definition) is 1. The Morgan fingerprint density at radius 3 is 2.23 bits per heavy atom. The van der Waals surface area contributed by atoms with E-state index in [1.807, 2.05) is 6.07 Å². The fraction of sp³-hybridized carbons (Fsp3) is 0.0476. The molecular weight excluding hydrogens is 268 g/mol. The quantitative estimate of drug-likeness (QED) is 0.330. The second-order valence-electron chi connectivity index (χ2n) is 5.90. The Hall–Kier alpha value is -2.64. The van der Waals surface area contributed by atoms with Crippen molar-refractivity contribution in [2.45, 2.75) is 6.61 Å². The molecule has 0 heterocycles. The first kappa shape index (κ1) is 12.0. The van der Waals surface area contributed by atoms with Crippen LogP contribution in [0, 0.1) is 0 Å². The molecule has 0 radical (unpaired) electrons. The molecule has 0 aromatic heterocycles. The van der Waals surface area contributed by atoms with Gasteiger partial charge < -0.3 is 5.11 Å². The first-order valence-electron chi connectivity index (χ1n) is 7.56. The minimum absolute atomic E-state index is 0.0783. The van der Waals surface area contributed by atoms with Gasteiger partial charge in [0, 0.05) is 0 Å².